The fourth-order valence-corrected chi connectivity index (χ4v) is 7.49. The Bertz CT molecular complexity index is 1930. The number of nitrogen functional groups attached to an aromatic ring is 1. The third-order valence-electron chi connectivity index (χ3n) is 10.5. The van der Waals surface area contributed by atoms with Crippen LogP contribution in [0.25, 0.3) is 0 Å². The molecule has 1 unspecified atom stereocenters. The summed E-state index contributed by atoms with van der Waals surface area (Å²) in [7, 11) is 1.67. The number of rotatable bonds is 14. The summed E-state index contributed by atoms with van der Waals surface area (Å²) in [4.78, 5) is 40.0. The van der Waals surface area contributed by atoms with Gasteiger partial charge < -0.3 is 41.0 Å². The maximum absolute atomic E-state index is 12.0. The fraction of sp³-hybridized carbons (Fsp3) is 0.400. The Morgan fingerprint density at radius 1 is 0.927 bits per heavy atom. The summed E-state index contributed by atoms with van der Waals surface area (Å²) in [6.45, 7) is 7.96. The molecule has 0 bridgehead atoms. The largest absolute Gasteiger partial charge is 0.494 e. The SMILES string of the molecule is COc1cc(N2CCC(N3CCN(CCCOc4ccc(NC5CCC(=O)NC5=O)cc4)CC3)CC2)ccc1Nc1ncc(Cl)c(Nc2ccccc2N)n1. The molecule has 55 heavy (non-hydrogen) atoms. The molecule has 0 saturated carbocycles. The Hall–Kier alpha value is -5.31. The highest BCUT2D eigenvalue weighted by Crippen LogP contribution is 2.34. The van der Waals surface area contributed by atoms with Gasteiger partial charge in [0.05, 0.1) is 37.0 Å². The van der Waals surface area contributed by atoms with Gasteiger partial charge in [0, 0.05) is 75.7 Å². The van der Waals surface area contributed by atoms with Crippen molar-refractivity contribution < 1.29 is 19.1 Å². The number of amides is 2. The lowest BCUT2D eigenvalue weighted by molar-refractivity contribution is -0.133. The Kier molecular flexibility index (Phi) is 12.4. The van der Waals surface area contributed by atoms with Crippen LogP contribution >= 0.6 is 11.6 Å². The van der Waals surface area contributed by atoms with Crippen molar-refractivity contribution in [3.8, 4) is 11.5 Å². The molecule has 2 amide bonds. The third kappa shape index (κ3) is 9.87. The molecule has 1 aromatic heterocycles. The van der Waals surface area contributed by atoms with E-state index in [2.05, 4.69) is 58.1 Å². The number of methoxy groups -OCH3 is 1. The van der Waals surface area contributed by atoms with Gasteiger partial charge in [-0.1, -0.05) is 23.7 Å². The molecule has 0 spiro atoms. The predicted octanol–water partition coefficient (Wildman–Crippen LogP) is 5.48. The number of imide groups is 1. The Labute approximate surface area is 326 Å². The standard InChI is InChI=1S/C40H49ClN10O4/c1-54-36-25-29(9-12-34(36)46-40-43-26-31(41)38(48-40)45-33-6-3-2-5-32(33)42)50-18-15-28(16-19-50)51-22-20-49(21-23-51)17-4-24-55-30-10-7-27(8-11-30)44-35-13-14-37(52)47-39(35)53/h2-3,5-12,25-26,28,35,44H,4,13-24,42H2,1H3,(H,47,52,53)(H2,43,45,46,48). The van der Waals surface area contributed by atoms with E-state index in [1.165, 1.54) is 0 Å². The average molecular weight is 769 g/mol. The first-order chi connectivity index (χ1) is 26.8. The monoisotopic (exact) mass is 768 g/mol. The second-order valence-corrected chi connectivity index (χ2v) is 14.5. The van der Waals surface area contributed by atoms with Crippen molar-refractivity contribution in [1.82, 2.24) is 25.1 Å². The van der Waals surface area contributed by atoms with Gasteiger partial charge in [0.2, 0.25) is 17.8 Å². The quantitative estimate of drug-likeness (QED) is 0.0624. The molecule has 3 fully saturated rings. The van der Waals surface area contributed by atoms with Crippen molar-refractivity contribution in [3.05, 3.63) is 77.9 Å². The molecular formula is C40H49ClN10O4. The summed E-state index contributed by atoms with van der Waals surface area (Å²) in [5.74, 6) is 1.86. The molecule has 3 aliphatic heterocycles. The maximum Gasteiger partial charge on any atom is 0.249 e. The number of hydrogen-bond acceptors (Lipinski definition) is 13. The summed E-state index contributed by atoms with van der Waals surface area (Å²) in [5, 5.41) is 12.4. The number of piperidine rings is 2. The molecule has 4 heterocycles. The van der Waals surface area contributed by atoms with Crippen LogP contribution in [-0.2, 0) is 9.59 Å². The number of nitrogens with two attached hydrogens (primary N) is 1. The van der Waals surface area contributed by atoms with E-state index in [0.29, 0.717) is 59.4 Å². The van der Waals surface area contributed by atoms with E-state index in [0.717, 1.165) is 87.9 Å². The van der Waals surface area contributed by atoms with Crippen LogP contribution in [0, 0.1) is 0 Å². The number of benzene rings is 3. The topological polar surface area (TPSA) is 162 Å². The molecule has 3 aliphatic rings. The number of ether oxygens (including phenoxy) is 2. The fourth-order valence-electron chi connectivity index (χ4n) is 7.35. The van der Waals surface area contributed by atoms with Crippen LogP contribution in [0.4, 0.5) is 40.2 Å². The first-order valence-corrected chi connectivity index (χ1v) is 19.3. The number of nitrogens with zero attached hydrogens (tertiary/aromatic N) is 5. The highest BCUT2D eigenvalue weighted by atomic mass is 35.5. The average Bonchev–Trinajstić information content (AvgIpc) is 3.21. The van der Waals surface area contributed by atoms with Crippen molar-refractivity contribution in [3.63, 3.8) is 0 Å². The van der Waals surface area contributed by atoms with Gasteiger partial charge >= 0.3 is 0 Å². The molecule has 1 atom stereocenters. The molecule has 4 aromatic rings. The van der Waals surface area contributed by atoms with Crippen molar-refractivity contribution in [2.75, 3.05) is 86.1 Å². The minimum atomic E-state index is -0.395. The zero-order chi connectivity index (χ0) is 38.1. The Morgan fingerprint density at radius 3 is 2.45 bits per heavy atom. The predicted molar refractivity (Wildman–Crippen MR) is 217 cm³/mol. The molecule has 15 heteroatoms. The molecule has 0 radical (unpaired) electrons. The van der Waals surface area contributed by atoms with E-state index in [4.69, 9.17) is 26.8 Å². The number of carbonyl (C=O) groups excluding carboxylic acids is 2. The van der Waals surface area contributed by atoms with Crippen LogP contribution in [0.1, 0.15) is 32.1 Å². The van der Waals surface area contributed by atoms with Crippen molar-refractivity contribution in [1.29, 1.82) is 0 Å². The van der Waals surface area contributed by atoms with Gasteiger partial charge in [-0.2, -0.15) is 4.98 Å². The second-order valence-electron chi connectivity index (χ2n) is 14.1. The van der Waals surface area contributed by atoms with E-state index in [1.807, 2.05) is 54.6 Å². The van der Waals surface area contributed by atoms with Crippen LogP contribution in [0.3, 0.4) is 0 Å². The Morgan fingerprint density at radius 2 is 1.71 bits per heavy atom. The van der Waals surface area contributed by atoms with Crippen molar-refractivity contribution >= 4 is 63.6 Å². The van der Waals surface area contributed by atoms with Gasteiger partial charge in [0.25, 0.3) is 0 Å². The molecule has 0 aliphatic carbocycles. The summed E-state index contributed by atoms with van der Waals surface area (Å²) >= 11 is 6.39. The number of nitrogens with one attached hydrogen (secondary N) is 4. The molecule has 3 saturated heterocycles. The van der Waals surface area contributed by atoms with E-state index >= 15 is 0 Å². The number of aromatic nitrogens is 2. The lowest BCUT2D eigenvalue weighted by atomic mass is 10.0. The van der Waals surface area contributed by atoms with Crippen molar-refractivity contribution in [2.24, 2.45) is 0 Å². The van der Waals surface area contributed by atoms with Crippen LogP contribution < -0.4 is 41.4 Å². The number of carbonyl (C=O) groups is 2. The molecule has 290 valence electrons. The Balaban J connectivity index is 0.817. The van der Waals surface area contributed by atoms with Crippen LogP contribution in [0.5, 0.6) is 11.5 Å². The van der Waals surface area contributed by atoms with E-state index in [1.54, 1.807) is 13.3 Å². The molecule has 7 rings (SSSR count). The smallest absolute Gasteiger partial charge is 0.249 e. The van der Waals surface area contributed by atoms with Gasteiger partial charge in [-0.15, -0.1) is 0 Å². The normalized spacial score (nSPS) is 18.4. The number of anilines is 7. The van der Waals surface area contributed by atoms with Gasteiger partial charge in [-0.25, -0.2) is 4.98 Å². The second kappa shape index (κ2) is 17.9. The van der Waals surface area contributed by atoms with Crippen molar-refractivity contribution in [2.45, 2.75) is 44.2 Å². The van der Waals surface area contributed by atoms with Gasteiger partial charge in [0.1, 0.15) is 22.6 Å². The van der Waals surface area contributed by atoms with Crippen LogP contribution in [-0.4, -0.2) is 103 Å². The van der Waals surface area contributed by atoms with Gasteiger partial charge in [-0.05, 0) is 74.2 Å². The molecule has 3 aromatic carbocycles. The number of halogens is 1. The molecule has 14 nitrogen and oxygen atoms in total. The summed E-state index contributed by atoms with van der Waals surface area (Å²) in [6.07, 6.45) is 5.61. The lowest BCUT2D eigenvalue weighted by Gasteiger charge is -2.43. The molecular weight excluding hydrogens is 720 g/mol. The van der Waals surface area contributed by atoms with Crippen LogP contribution in [0.2, 0.25) is 5.02 Å². The zero-order valence-corrected chi connectivity index (χ0v) is 31.9. The first-order valence-electron chi connectivity index (χ1n) is 18.9. The number of para-hydroxylation sites is 2. The number of hydrogen-bond donors (Lipinski definition) is 5. The summed E-state index contributed by atoms with van der Waals surface area (Å²) < 4.78 is 11.8. The zero-order valence-electron chi connectivity index (χ0n) is 31.1. The number of piperazine rings is 1. The maximum atomic E-state index is 12.0. The first kappa shape index (κ1) is 38.0. The van der Waals surface area contributed by atoms with E-state index in [-0.39, 0.29) is 11.8 Å². The minimum Gasteiger partial charge on any atom is -0.494 e. The highest BCUT2D eigenvalue weighted by Gasteiger charge is 2.28. The minimum absolute atomic E-state index is 0.215. The third-order valence-corrected chi connectivity index (χ3v) is 10.7. The van der Waals surface area contributed by atoms with E-state index < -0.39 is 6.04 Å². The van der Waals surface area contributed by atoms with Gasteiger partial charge in [0.15, 0.2) is 5.82 Å². The van der Waals surface area contributed by atoms with E-state index in [9.17, 15) is 9.59 Å². The summed E-state index contributed by atoms with van der Waals surface area (Å²) in [6, 6.07) is 21.5. The molecule has 6 N–H and O–H groups in total. The van der Waals surface area contributed by atoms with Gasteiger partial charge in [-0.3, -0.25) is 19.8 Å². The van der Waals surface area contributed by atoms with Crippen LogP contribution in [0.15, 0.2) is 72.9 Å². The highest BCUT2D eigenvalue weighted by molar-refractivity contribution is 6.33. The summed E-state index contributed by atoms with van der Waals surface area (Å²) in [5.41, 5.74) is 10.1. The lowest BCUT2D eigenvalue weighted by Crippen LogP contribution is -2.53.